The highest BCUT2D eigenvalue weighted by Gasteiger charge is 2.27. The normalized spacial score (nSPS) is 13.6. The molecule has 0 spiro atoms. The van der Waals surface area contributed by atoms with Crippen molar-refractivity contribution in [3.8, 4) is 16.9 Å². The van der Waals surface area contributed by atoms with E-state index in [1.165, 1.54) is 28.5 Å². The molecule has 1 N–H and O–H groups in total. The Morgan fingerprint density at radius 1 is 0.933 bits per heavy atom. The molecule has 0 saturated carbocycles. The third kappa shape index (κ3) is 4.35. The summed E-state index contributed by atoms with van der Waals surface area (Å²) >= 11 is 0. The zero-order valence-electron chi connectivity index (χ0n) is 16.5. The average molecular weight is 401 g/mol. The van der Waals surface area contributed by atoms with Gasteiger partial charge in [-0.15, -0.1) is 0 Å². The molecule has 152 valence electrons. The molecule has 5 nitrogen and oxygen atoms in total. The standard InChI is InChI=1S/C25H23NO4/c27-25(28)24(30-18-8-2-1-3-9-18)14-16-26-29-17-15-23-21-12-6-4-10-19(21)20-11-5-7-13-22(20)23/h1-13,16,23-24H,14-15,17H2,(H,27,28). The second-order valence-corrected chi connectivity index (χ2v) is 7.13. The van der Waals surface area contributed by atoms with Gasteiger partial charge in [0, 0.05) is 18.6 Å². The van der Waals surface area contributed by atoms with E-state index in [9.17, 15) is 9.90 Å². The van der Waals surface area contributed by atoms with Gasteiger partial charge < -0.3 is 14.7 Å². The quantitative estimate of drug-likeness (QED) is 0.307. The van der Waals surface area contributed by atoms with Crippen molar-refractivity contribution in [1.82, 2.24) is 0 Å². The van der Waals surface area contributed by atoms with E-state index < -0.39 is 12.1 Å². The molecule has 5 heteroatoms. The lowest BCUT2D eigenvalue weighted by Crippen LogP contribution is -2.27. The Kier molecular flexibility index (Phi) is 6.09. The third-order valence-corrected chi connectivity index (χ3v) is 5.23. The lowest BCUT2D eigenvalue weighted by molar-refractivity contribution is -0.144. The van der Waals surface area contributed by atoms with Crippen LogP contribution in [0.15, 0.2) is 84.0 Å². The number of rotatable bonds is 9. The van der Waals surface area contributed by atoms with Crippen molar-refractivity contribution < 1.29 is 19.5 Å². The van der Waals surface area contributed by atoms with E-state index in [0.29, 0.717) is 12.4 Å². The monoisotopic (exact) mass is 401 g/mol. The van der Waals surface area contributed by atoms with Crippen LogP contribution in [0.25, 0.3) is 11.1 Å². The van der Waals surface area contributed by atoms with Crippen LogP contribution in [0.2, 0.25) is 0 Å². The average Bonchev–Trinajstić information content (AvgIpc) is 3.10. The predicted octanol–water partition coefficient (Wildman–Crippen LogP) is 5.11. The molecule has 3 aromatic rings. The molecule has 0 fully saturated rings. The molecule has 3 aromatic carbocycles. The lowest BCUT2D eigenvalue weighted by Gasteiger charge is -2.13. The van der Waals surface area contributed by atoms with Gasteiger partial charge in [0.2, 0.25) is 6.10 Å². The van der Waals surface area contributed by atoms with Crippen LogP contribution in [0.5, 0.6) is 5.75 Å². The Labute approximate surface area is 175 Å². The number of oxime groups is 1. The fourth-order valence-corrected chi connectivity index (χ4v) is 3.85. The predicted molar refractivity (Wildman–Crippen MR) is 116 cm³/mol. The maximum absolute atomic E-state index is 11.4. The second-order valence-electron chi connectivity index (χ2n) is 7.13. The second kappa shape index (κ2) is 9.27. The molecule has 0 aliphatic heterocycles. The summed E-state index contributed by atoms with van der Waals surface area (Å²) in [6.07, 6.45) is 1.37. The number of carboxylic acids is 1. The minimum Gasteiger partial charge on any atom is -0.478 e. The lowest BCUT2D eigenvalue weighted by atomic mass is 9.94. The first kappa shape index (κ1) is 19.7. The van der Waals surface area contributed by atoms with E-state index >= 15 is 0 Å². The van der Waals surface area contributed by atoms with Crippen LogP contribution in [0.3, 0.4) is 0 Å². The first-order valence-electron chi connectivity index (χ1n) is 10.0. The summed E-state index contributed by atoms with van der Waals surface area (Å²) in [5, 5.41) is 13.3. The van der Waals surface area contributed by atoms with Crippen molar-refractivity contribution in [3.05, 3.63) is 90.0 Å². The van der Waals surface area contributed by atoms with E-state index in [4.69, 9.17) is 9.57 Å². The third-order valence-electron chi connectivity index (χ3n) is 5.23. The summed E-state index contributed by atoms with van der Waals surface area (Å²) in [4.78, 5) is 16.8. The smallest absolute Gasteiger partial charge is 0.345 e. The molecule has 0 saturated heterocycles. The van der Waals surface area contributed by atoms with Crippen molar-refractivity contribution in [2.45, 2.75) is 24.9 Å². The summed E-state index contributed by atoms with van der Waals surface area (Å²) in [5.41, 5.74) is 5.19. The van der Waals surface area contributed by atoms with Crippen LogP contribution in [0.1, 0.15) is 29.9 Å². The molecule has 30 heavy (non-hydrogen) atoms. The molecule has 0 radical (unpaired) electrons. The highest BCUT2D eigenvalue weighted by molar-refractivity contribution is 5.79. The number of aliphatic carboxylic acids is 1. The van der Waals surface area contributed by atoms with E-state index in [2.05, 4.69) is 53.7 Å². The first-order valence-corrected chi connectivity index (χ1v) is 10.0. The van der Waals surface area contributed by atoms with Crippen LogP contribution in [-0.2, 0) is 9.63 Å². The number of hydrogen-bond acceptors (Lipinski definition) is 4. The fourth-order valence-electron chi connectivity index (χ4n) is 3.85. The highest BCUT2D eigenvalue weighted by atomic mass is 16.6. The van der Waals surface area contributed by atoms with E-state index in [0.717, 1.165) is 6.42 Å². The van der Waals surface area contributed by atoms with E-state index in [1.807, 2.05) is 6.07 Å². The number of carbonyl (C=O) groups is 1. The molecule has 0 aromatic heterocycles. The molecular weight excluding hydrogens is 378 g/mol. The van der Waals surface area contributed by atoms with Gasteiger partial charge in [0.05, 0.1) is 0 Å². The van der Waals surface area contributed by atoms with Gasteiger partial charge in [-0.1, -0.05) is 71.9 Å². The molecular formula is C25H23NO4. The van der Waals surface area contributed by atoms with Gasteiger partial charge in [-0.3, -0.25) is 0 Å². The Morgan fingerprint density at radius 2 is 1.53 bits per heavy atom. The Hall–Kier alpha value is -3.60. The molecule has 4 rings (SSSR count). The maximum Gasteiger partial charge on any atom is 0.345 e. The van der Waals surface area contributed by atoms with Gasteiger partial charge in [0.15, 0.2) is 0 Å². The Morgan fingerprint density at radius 3 is 2.17 bits per heavy atom. The summed E-state index contributed by atoms with van der Waals surface area (Å²) in [5.74, 6) is -0.247. The summed E-state index contributed by atoms with van der Waals surface area (Å²) < 4.78 is 5.50. The van der Waals surface area contributed by atoms with E-state index in [1.54, 1.807) is 24.3 Å². The fraction of sp³-hybridized carbons (Fsp3) is 0.200. The van der Waals surface area contributed by atoms with Crippen LogP contribution in [-0.4, -0.2) is 30.0 Å². The minimum absolute atomic E-state index is 0.124. The number of fused-ring (bicyclic) bond motifs is 3. The molecule has 1 aliphatic rings. The summed E-state index contributed by atoms with van der Waals surface area (Å²) in [6, 6.07) is 25.8. The van der Waals surface area contributed by atoms with Crippen molar-refractivity contribution in [3.63, 3.8) is 0 Å². The van der Waals surface area contributed by atoms with Gasteiger partial charge >= 0.3 is 5.97 Å². The van der Waals surface area contributed by atoms with Crippen molar-refractivity contribution >= 4 is 12.2 Å². The van der Waals surface area contributed by atoms with Crippen molar-refractivity contribution in [2.75, 3.05) is 6.61 Å². The molecule has 0 amide bonds. The Bertz CT molecular complexity index is 987. The van der Waals surface area contributed by atoms with Crippen LogP contribution >= 0.6 is 0 Å². The first-order chi connectivity index (χ1) is 14.7. The SMILES string of the molecule is O=C(O)C(CC=NOCCC1c2ccccc2-c2ccccc21)Oc1ccccc1. The number of para-hydroxylation sites is 1. The van der Waals surface area contributed by atoms with Crippen LogP contribution in [0.4, 0.5) is 0 Å². The molecule has 1 aliphatic carbocycles. The minimum atomic E-state index is -1.04. The van der Waals surface area contributed by atoms with Gasteiger partial charge in [-0.05, 0) is 40.8 Å². The zero-order chi connectivity index (χ0) is 20.8. The van der Waals surface area contributed by atoms with Gasteiger partial charge in [-0.25, -0.2) is 4.79 Å². The van der Waals surface area contributed by atoms with Crippen LogP contribution < -0.4 is 4.74 Å². The van der Waals surface area contributed by atoms with Gasteiger partial charge in [0.1, 0.15) is 12.4 Å². The zero-order valence-corrected chi connectivity index (χ0v) is 16.5. The summed E-state index contributed by atoms with van der Waals surface area (Å²) in [7, 11) is 0. The van der Waals surface area contributed by atoms with Gasteiger partial charge in [0.25, 0.3) is 0 Å². The number of benzene rings is 3. The number of hydrogen-bond donors (Lipinski definition) is 1. The summed E-state index contributed by atoms with van der Waals surface area (Å²) in [6.45, 7) is 0.446. The van der Waals surface area contributed by atoms with Crippen molar-refractivity contribution in [2.24, 2.45) is 5.16 Å². The maximum atomic E-state index is 11.4. The van der Waals surface area contributed by atoms with Crippen molar-refractivity contribution in [1.29, 1.82) is 0 Å². The van der Waals surface area contributed by atoms with E-state index in [-0.39, 0.29) is 12.3 Å². The molecule has 0 heterocycles. The topological polar surface area (TPSA) is 68.1 Å². The molecule has 1 unspecified atom stereocenters. The number of ether oxygens (including phenoxy) is 1. The largest absolute Gasteiger partial charge is 0.478 e. The number of carboxylic acid groups (broad SMARTS) is 1. The van der Waals surface area contributed by atoms with Crippen LogP contribution in [0, 0.1) is 0 Å². The number of nitrogens with zero attached hydrogens (tertiary/aromatic N) is 1. The Balaban J connectivity index is 1.31. The molecule has 0 bridgehead atoms. The van der Waals surface area contributed by atoms with Gasteiger partial charge in [-0.2, -0.15) is 0 Å². The highest BCUT2D eigenvalue weighted by Crippen LogP contribution is 2.45. The molecule has 1 atom stereocenters.